The molecule has 1 aromatic heterocycles. The number of aromatic nitrogens is 1. The van der Waals surface area contributed by atoms with Gasteiger partial charge < -0.3 is 19.3 Å². The second kappa shape index (κ2) is 6.28. The molecule has 1 unspecified atom stereocenters. The number of ether oxygens (including phenoxy) is 1. The molecule has 24 heavy (non-hydrogen) atoms. The van der Waals surface area contributed by atoms with Gasteiger partial charge in [0.1, 0.15) is 6.54 Å². The molecule has 3 rings (SSSR count). The van der Waals surface area contributed by atoms with Gasteiger partial charge in [-0.15, -0.1) is 0 Å². The molecule has 1 aromatic carbocycles. The highest BCUT2D eigenvalue weighted by atomic mass is 16.6. The van der Waals surface area contributed by atoms with E-state index < -0.39 is 16.9 Å². The average Bonchev–Trinajstić information content (AvgIpc) is 2.97. The lowest BCUT2D eigenvalue weighted by atomic mass is 10.2. The number of carboxylic acids is 1. The minimum Gasteiger partial charge on any atom is -0.480 e. The average molecular weight is 333 g/mol. The maximum atomic E-state index is 12.5. The van der Waals surface area contributed by atoms with Crippen molar-refractivity contribution in [1.29, 1.82) is 0 Å². The van der Waals surface area contributed by atoms with Crippen LogP contribution in [0, 0.1) is 10.1 Å². The molecular formula is C15H15N3O6. The van der Waals surface area contributed by atoms with Gasteiger partial charge in [0.2, 0.25) is 5.91 Å². The largest absolute Gasteiger partial charge is 0.480 e. The highest BCUT2D eigenvalue weighted by Crippen LogP contribution is 2.22. The standard InChI is InChI=1S/C15H15N3O6/c19-14(17-5-6-24-9-13(17)15(20)21)8-16-4-3-10-7-11(18(22)23)1-2-12(10)16/h1-4,7,13H,5-6,8-9H2,(H,20,21). The molecule has 1 atom stereocenters. The summed E-state index contributed by atoms with van der Waals surface area (Å²) in [5.74, 6) is -1.43. The van der Waals surface area contributed by atoms with E-state index in [1.54, 1.807) is 22.9 Å². The van der Waals surface area contributed by atoms with Crippen molar-refractivity contribution in [3.8, 4) is 0 Å². The van der Waals surface area contributed by atoms with Crippen LogP contribution in [0.4, 0.5) is 5.69 Å². The zero-order valence-electron chi connectivity index (χ0n) is 12.6. The smallest absolute Gasteiger partial charge is 0.328 e. The summed E-state index contributed by atoms with van der Waals surface area (Å²) >= 11 is 0. The van der Waals surface area contributed by atoms with Crippen molar-refractivity contribution < 1.29 is 24.4 Å². The van der Waals surface area contributed by atoms with Gasteiger partial charge >= 0.3 is 5.97 Å². The van der Waals surface area contributed by atoms with Crippen LogP contribution in [0.3, 0.4) is 0 Å². The molecule has 0 spiro atoms. The van der Waals surface area contributed by atoms with Crippen molar-refractivity contribution in [2.75, 3.05) is 19.8 Å². The van der Waals surface area contributed by atoms with Crippen LogP contribution in [0.5, 0.6) is 0 Å². The molecule has 1 aliphatic rings. The van der Waals surface area contributed by atoms with Crippen LogP contribution >= 0.6 is 0 Å². The number of carboxylic acid groups (broad SMARTS) is 1. The SMILES string of the molecule is O=C(O)C1COCCN1C(=O)Cn1ccc2cc([N+](=O)[O-])ccc21. The van der Waals surface area contributed by atoms with Crippen molar-refractivity contribution >= 4 is 28.5 Å². The second-order valence-electron chi connectivity index (χ2n) is 5.46. The summed E-state index contributed by atoms with van der Waals surface area (Å²) in [6, 6.07) is 5.08. The number of benzene rings is 1. The van der Waals surface area contributed by atoms with Gasteiger partial charge in [0.25, 0.3) is 5.69 Å². The van der Waals surface area contributed by atoms with Gasteiger partial charge in [-0.05, 0) is 12.1 Å². The Hall–Kier alpha value is -2.94. The maximum Gasteiger partial charge on any atom is 0.328 e. The fourth-order valence-electron chi connectivity index (χ4n) is 2.78. The number of rotatable bonds is 4. The summed E-state index contributed by atoms with van der Waals surface area (Å²) in [4.78, 5) is 35.3. The van der Waals surface area contributed by atoms with E-state index in [1.807, 2.05) is 0 Å². The Bertz CT molecular complexity index is 815. The molecule has 1 amide bonds. The van der Waals surface area contributed by atoms with E-state index in [4.69, 9.17) is 4.74 Å². The third-order valence-electron chi connectivity index (χ3n) is 4.00. The molecule has 126 valence electrons. The van der Waals surface area contributed by atoms with E-state index in [-0.39, 0.29) is 31.3 Å². The number of morpholine rings is 1. The molecule has 9 nitrogen and oxygen atoms in total. The Labute approximate surface area is 136 Å². The predicted octanol–water partition coefficient (Wildman–Crippen LogP) is 0.861. The normalized spacial score (nSPS) is 17.8. The molecule has 1 aliphatic heterocycles. The summed E-state index contributed by atoms with van der Waals surface area (Å²) in [5, 5.41) is 20.6. The number of nitrogens with zero attached hydrogens (tertiary/aromatic N) is 3. The molecule has 1 N–H and O–H groups in total. The lowest BCUT2D eigenvalue weighted by Crippen LogP contribution is -2.53. The molecule has 9 heteroatoms. The lowest BCUT2D eigenvalue weighted by Gasteiger charge is -2.33. The maximum absolute atomic E-state index is 12.5. The van der Waals surface area contributed by atoms with E-state index >= 15 is 0 Å². The first-order valence-corrected chi connectivity index (χ1v) is 7.30. The van der Waals surface area contributed by atoms with Crippen LogP contribution in [0.1, 0.15) is 0 Å². The third kappa shape index (κ3) is 2.93. The first kappa shape index (κ1) is 15.9. The monoisotopic (exact) mass is 333 g/mol. The zero-order valence-corrected chi connectivity index (χ0v) is 12.6. The highest BCUT2D eigenvalue weighted by Gasteiger charge is 2.32. The fraction of sp³-hybridized carbons (Fsp3) is 0.333. The predicted molar refractivity (Wildman–Crippen MR) is 82.5 cm³/mol. The number of hydrogen-bond acceptors (Lipinski definition) is 5. The molecule has 0 saturated carbocycles. The molecule has 1 saturated heterocycles. The molecule has 2 aromatic rings. The summed E-state index contributed by atoms with van der Waals surface area (Å²) in [5.41, 5.74) is 0.653. The Balaban J connectivity index is 1.82. The number of carbonyl (C=O) groups excluding carboxylic acids is 1. The number of aliphatic carboxylic acids is 1. The molecule has 0 radical (unpaired) electrons. The molecule has 2 heterocycles. The van der Waals surface area contributed by atoms with Gasteiger partial charge in [-0.25, -0.2) is 4.79 Å². The van der Waals surface area contributed by atoms with Gasteiger partial charge in [-0.1, -0.05) is 0 Å². The summed E-state index contributed by atoms with van der Waals surface area (Å²) in [6.07, 6.45) is 1.66. The molecule has 1 fully saturated rings. The highest BCUT2D eigenvalue weighted by molar-refractivity contribution is 5.87. The Morgan fingerprint density at radius 2 is 2.17 bits per heavy atom. The minimum absolute atomic E-state index is 0.0225. The summed E-state index contributed by atoms with van der Waals surface area (Å²) in [6.45, 7) is 0.458. The number of carbonyl (C=O) groups is 2. The number of non-ortho nitro benzene ring substituents is 1. The van der Waals surface area contributed by atoms with Gasteiger partial charge in [-0.3, -0.25) is 14.9 Å². The topological polar surface area (TPSA) is 115 Å². The number of fused-ring (bicyclic) bond motifs is 1. The van der Waals surface area contributed by atoms with Crippen molar-refractivity contribution in [2.45, 2.75) is 12.6 Å². The van der Waals surface area contributed by atoms with Crippen molar-refractivity contribution in [2.24, 2.45) is 0 Å². The number of hydrogen-bond donors (Lipinski definition) is 1. The number of amides is 1. The van der Waals surface area contributed by atoms with E-state index in [0.717, 1.165) is 0 Å². The van der Waals surface area contributed by atoms with Crippen LogP contribution in [-0.4, -0.2) is 57.2 Å². The van der Waals surface area contributed by atoms with Crippen LogP contribution in [0.25, 0.3) is 10.9 Å². The molecule has 0 aliphatic carbocycles. The van der Waals surface area contributed by atoms with Crippen LogP contribution in [0.15, 0.2) is 30.5 Å². The van der Waals surface area contributed by atoms with Crippen LogP contribution in [-0.2, 0) is 20.9 Å². The lowest BCUT2D eigenvalue weighted by molar-refractivity contribution is -0.384. The van der Waals surface area contributed by atoms with E-state index in [9.17, 15) is 24.8 Å². The second-order valence-corrected chi connectivity index (χ2v) is 5.46. The third-order valence-corrected chi connectivity index (χ3v) is 4.00. The fourth-order valence-corrected chi connectivity index (χ4v) is 2.78. The first-order chi connectivity index (χ1) is 11.5. The van der Waals surface area contributed by atoms with Crippen LogP contribution < -0.4 is 0 Å². The van der Waals surface area contributed by atoms with E-state index in [2.05, 4.69) is 0 Å². The molecule has 0 bridgehead atoms. The van der Waals surface area contributed by atoms with Crippen molar-refractivity contribution in [1.82, 2.24) is 9.47 Å². The van der Waals surface area contributed by atoms with Gasteiger partial charge in [-0.2, -0.15) is 0 Å². The Morgan fingerprint density at radius 3 is 2.88 bits per heavy atom. The van der Waals surface area contributed by atoms with Gasteiger partial charge in [0, 0.05) is 35.8 Å². The zero-order chi connectivity index (χ0) is 17.3. The van der Waals surface area contributed by atoms with Crippen LogP contribution in [0.2, 0.25) is 0 Å². The number of nitro groups is 1. The quantitative estimate of drug-likeness (QED) is 0.655. The van der Waals surface area contributed by atoms with Crippen molar-refractivity contribution in [3.63, 3.8) is 0 Å². The minimum atomic E-state index is -1.10. The van der Waals surface area contributed by atoms with E-state index in [1.165, 1.54) is 17.0 Å². The summed E-state index contributed by atoms with van der Waals surface area (Å²) in [7, 11) is 0. The first-order valence-electron chi connectivity index (χ1n) is 7.30. The van der Waals surface area contributed by atoms with Gasteiger partial charge in [0.15, 0.2) is 6.04 Å². The van der Waals surface area contributed by atoms with Crippen molar-refractivity contribution in [3.05, 3.63) is 40.6 Å². The molecular weight excluding hydrogens is 318 g/mol. The summed E-state index contributed by atoms with van der Waals surface area (Å²) < 4.78 is 6.77. The van der Waals surface area contributed by atoms with Gasteiger partial charge in [0.05, 0.1) is 18.1 Å². The van der Waals surface area contributed by atoms with E-state index in [0.29, 0.717) is 17.5 Å². The Morgan fingerprint density at radius 1 is 1.38 bits per heavy atom. The number of nitro benzene ring substituents is 1. The Kier molecular flexibility index (Phi) is 4.17.